The first-order chi connectivity index (χ1) is 7.11. The van der Waals surface area contributed by atoms with Crippen LogP contribution in [0.1, 0.15) is 28.4 Å². The monoisotopic (exact) mass is 205 g/mol. The van der Waals surface area contributed by atoms with Gasteiger partial charge in [-0.25, -0.2) is 4.79 Å². The van der Waals surface area contributed by atoms with Crippen LogP contribution in [-0.4, -0.2) is 17.7 Å². The maximum atomic E-state index is 11.4. The highest BCUT2D eigenvalue weighted by molar-refractivity contribution is 5.93. The summed E-state index contributed by atoms with van der Waals surface area (Å²) in [5.74, 6) is -0.757. The number of aromatic hydroxyl groups is 1. The Morgan fingerprint density at radius 1 is 1.60 bits per heavy atom. The molecule has 0 aliphatic heterocycles. The van der Waals surface area contributed by atoms with Gasteiger partial charge in [-0.05, 0) is 25.5 Å². The van der Waals surface area contributed by atoms with E-state index in [-0.39, 0.29) is 23.5 Å². The second-order valence-electron chi connectivity index (χ2n) is 2.99. The molecule has 0 saturated heterocycles. The highest BCUT2D eigenvalue weighted by atomic mass is 16.5. The molecule has 0 saturated carbocycles. The SMILES string of the molecule is CCOC(=O)c1ccc(C)c(O)c1C#N. The van der Waals surface area contributed by atoms with Crippen molar-refractivity contribution >= 4 is 5.97 Å². The fourth-order valence-electron chi connectivity index (χ4n) is 1.19. The van der Waals surface area contributed by atoms with Crippen LogP contribution >= 0.6 is 0 Å². The summed E-state index contributed by atoms with van der Waals surface area (Å²) in [5, 5.41) is 18.4. The zero-order valence-electron chi connectivity index (χ0n) is 8.57. The molecule has 0 spiro atoms. The molecule has 4 nitrogen and oxygen atoms in total. The Morgan fingerprint density at radius 3 is 2.80 bits per heavy atom. The molecule has 0 radical (unpaired) electrons. The number of hydrogen-bond acceptors (Lipinski definition) is 4. The number of rotatable bonds is 2. The van der Waals surface area contributed by atoms with Gasteiger partial charge in [-0.3, -0.25) is 0 Å². The molecule has 0 amide bonds. The zero-order chi connectivity index (χ0) is 11.4. The third kappa shape index (κ3) is 2.08. The van der Waals surface area contributed by atoms with Crippen molar-refractivity contribution in [3.63, 3.8) is 0 Å². The van der Waals surface area contributed by atoms with Gasteiger partial charge in [0.1, 0.15) is 17.4 Å². The van der Waals surface area contributed by atoms with Crippen molar-refractivity contribution in [1.29, 1.82) is 5.26 Å². The summed E-state index contributed by atoms with van der Waals surface area (Å²) >= 11 is 0. The van der Waals surface area contributed by atoms with Crippen LogP contribution in [-0.2, 0) is 4.74 Å². The van der Waals surface area contributed by atoms with Gasteiger partial charge in [-0.1, -0.05) is 6.07 Å². The average molecular weight is 205 g/mol. The van der Waals surface area contributed by atoms with Gasteiger partial charge in [0.15, 0.2) is 0 Å². The topological polar surface area (TPSA) is 70.3 Å². The molecular weight excluding hydrogens is 194 g/mol. The first-order valence-corrected chi connectivity index (χ1v) is 4.51. The number of hydrogen-bond donors (Lipinski definition) is 1. The normalized spacial score (nSPS) is 9.40. The van der Waals surface area contributed by atoms with Crippen molar-refractivity contribution in [2.45, 2.75) is 13.8 Å². The lowest BCUT2D eigenvalue weighted by Gasteiger charge is -2.06. The molecule has 0 aliphatic rings. The van der Waals surface area contributed by atoms with Gasteiger partial charge in [0, 0.05) is 0 Å². The van der Waals surface area contributed by atoms with E-state index in [1.54, 1.807) is 26.0 Å². The van der Waals surface area contributed by atoms with E-state index in [0.717, 1.165) is 0 Å². The highest BCUT2D eigenvalue weighted by Crippen LogP contribution is 2.25. The largest absolute Gasteiger partial charge is 0.506 e. The van der Waals surface area contributed by atoms with Crippen molar-refractivity contribution < 1.29 is 14.6 Å². The van der Waals surface area contributed by atoms with Crippen molar-refractivity contribution in [2.75, 3.05) is 6.61 Å². The number of nitriles is 1. The smallest absolute Gasteiger partial charge is 0.339 e. The maximum absolute atomic E-state index is 11.4. The van der Waals surface area contributed by atoms with E-state index >= 15 is 0 Å². The minimum absolute atomic E-state index is 0.0338. The molecule has 1 N–H and O–H groups in total. The molecule has 1 aromatic rings. The number of phenolic OH excluding ortho intramolecular Hbond substituents is 1. The Bertz CT molecular complexity index is 432. The Labute approximate surface area is 87.7 Å². The summed E-state index contributed by atoms with van der Waals surface area (Å²) in [6.07, 6.45) is 0. The molecule has 0 fully saturated rings. The predicted octanol–water partition coefficient (Wildman–Crippen LogP) is 1.75. The molecule has 78 valence electrons. The fraction of sp³-hybridized carbons (Fsp3) is 0.273. The number of carbonyl (C=O) groups is 1. The van der Waals surface area contributed by atoms with Gasteiger partial charge in [-0.15, -0.1) is 0 Å². The predicted molar refractivity (Wildman–Crippen MR) is 53.5 cm³/mol. The van der Waals surface area contributed by atoms with Crippen LogP contribution in [0, 0.1) is 18.3 Å². The van der Waals surface area contributed by atoms with Crippen molar-refractivity contribution in [1.82, 2.24) is 0 Å². The average Bonchev–Trinajstić information content (AvgIpc) is 2.22. The minimum Gasteiger partial charge on any atom is -0.506 e. The molecule has 4 heteroatoms. The van der Waals surface area contributed by atoms with Gasteiger partial charge in [0.05, 0.1) is 12.2 Å². The van der Waals surface area contributed by atoms with Crippen LogP contribution in [0.4, 0.5) is 0 Å². The summed E-state index contributed by atoms with van der Waals surface area (Å²) in [6, 6.07) is 4.84. The molecule has 0 aromatic heterocycles. The van der Waals surface area contributed by atoms with E-state index in [9.17, 15) is 9.90 Å². The Balaban J connectivity index is 3.26. The van der Waals surface area contributed by atoms with E-state index in [1.807, 2.05) is 0 Å². The van der Waals surface area contributed by atoms with Gasteiger partial charge >= 0.3 is 5.97 Å². The number of nitrogens with zero attached hydrogens (tertiary/aromatic N) is 1. The molecular formula is C11H11NO3. The highest BCUT2D eigenvalue weighted by Gasteiger charge is 2.16. The molecule has 0 aliphatic carbocycles. The molecule has 0 atom stereocenters. The van der Waals surface area contributed by atoms with Gasteiger partial charge < -0.3 is 9.84 Å². The van der Waals surface area contributed by atoms with Gasteiger partial charge in [0.2, 0.25) is 0 Å². The van der Waals surface area contributed by atoms with E-state index in [1.165, 1.54) is 6.07 Å². The van der Waals surface area contributed by atoms with E-state index in [4.69, 9.17) is 10.00 Å². The lowest BCUT2D eigenvalue weighted by Crippen LogP contribution is -2.07. The van der Waals surface area contributed by atoms with E-state index in [2.05, 4.69) is 0 Å². The summed E-state index contributed by atoms with van der Waals surface area (Å²) in [4.78, 5) is 11.4. The lowest BCUT2D eigenvalue weighted by molar-refractivity contribution is 0.0525. The Kier molecular flexibility index (Phi) is 3.29. The number of aryl methyl sites for hydroxylation is 1. The summed E-state index contributed by atoms with van der Waals surface area (Å²) in [6.45, 7) is 3.57. The number of carbonyl (C=O) groups excluding carboxylic acids is 1. The molecule has 0 bridgehead atoms. The van der Waals surface area contributed by atoms with Crippen LogP contribution in [0.5, 0.6) is 5.75 Å². The zero-order valence-corrected chi connectivity index (χ0v) is 8.57. The summed E-state index contributed by atoms with van der Waals surface area (Å²) in [7, 11) is 0. The Hall–Kier alpha value is -2.02. The van der Waals surface area contributed by atoms with Crippen molar-refractivity contribution in [3.05, 3.63) is 28.8 Å². The van der Waals surface area contributed by atoms with Gasteiger partial charge in [0.25, 0.3) is 0 Å². The van der Waals surface area contributed by atoms with Crippen LogP contribution in [0.15, 0.2) is 12.1 Å². The van der Waals surface area contributed by atoms with Crippen LogP contribution in [0.3, 0.4) is 0 Å². The van der Waals surface area contributed by atoms with E-state index < -0.39 is 5.97 Å². The van der Waals surface area contributed by atoms with Crippen molar-refractivity contribution in [3.8, 4) is 11.8 Å². The number of esters is 1. The first kappa shape index (κ1) is 11.1. The third-order valence-corrected chi connectivity index (χ3v) is 1.99. The van der Waals surface area contributed by atoms with Crippen LogP contribution in [0.2, 0.25) is 0 Å². The molecule has 1 rings (SSSR count). The molecule has 0 heterocycles. The quantitative estimate of drug-likeness (QED) is 0.746. The lowest BCUT2D eigenvalue weighted by atomic mass is 10.0. The third-order valence-electron chi connectivity index (χ3n) is 1.99. The molecule has 15 heavy (non-hydrogen) atoms. The van der Waals surface area contributed by atoms with Crippen LogP contribution in [0.25, 0.3) is 0 Å². The van der Waals surface area contributed by atoms with Gasteiger partial charge in [-0.2, -0.15) is 5.26 Å². The maximum Gasteiger partial charge on any atom is 0.339 e. The van der Waals surface area contributed by atoms with E-state index in [0.29, 0.717) is 5.56 Å². The second kappa shape index (κ2) is 4.47. The standard InChI is InChI=1S/C11H11NO3/c1-3-15-11(14)8-5-4-7(2)10(13)9(8)6-12/h4-5,13H,3H2,1-2H3. The Morgan fingerprint density at radius 2 is 2.27 bits per heavy atom. The second-order valence-corrected chi connectivity index (χ2v) is 2.99. The summed E-state index contributed by atoms with van der Waals surface area (Å²) < 4.78 is 4.76. The minimum atomic E-state index is -0.593. The number of phenols is 1. The first-order valence-electron chi connectivity index (χ1n) is 4.51. The van der Waals surface area contributed by atoms with Crippen molar-refractivity contribution in [2.24, 2.45) is 0 Å². The molecule has 0 unspecified atom stereocenters. The fourth-order valence-corrected chi connectivity index (χ4v) is 1.19. The number of ether oxygens (including phenoxy) is 1. The number of benzene rings is 1. The molecule has 1 aromatic carbocycles. The summed E-state index contributed by atoms with van der Waals surface area (Å²) in [5.41, 5.74) is 0.621. The van der Waals surface area contributed by atoms with Crippen LogP contribution < -0.4 is 0 Å².